The summed E-state index contributed by atoms with van der Waals surface area (Å²) in [5.74, 6) is 1.97. The quantitative estimate of drug-likeness (QED) is 0.898. The van der Waals surface area contributed by atoms with Crippen molar-refractivity contribution in [1.29, 1.82) is 0 Å². The molecular weight excluding hydrogens is 234 g/mol. The highest BCUT2D eigenvalue weighted by molar-refractivity contribution is 5.37. The standard InChI is InChI=1S/C17H25NO/c1-2-13-7-9-17(18,10-8-13)12-15-11-14-5-3-4-6-16(14)19-15/h3-6,13,15H,2,7-12,18H2,1H3. The molecule has 1 aliphatic heterocycles. The molecule has 2 heteroatoms. The van der Waals surface area contributed by atoms with E-state index >= 15 is 0 Å². The van der Waals surface area contributed by atoms with Crippen LogP contribution in [0.3, 0.4) is 0 Å². The molecule has 0 bridgehead atoms. The largest absolute Gasteiger partial charge is 0.490 e. The third kappa shape index (κ3) is 2.79. The van der Waals surface area contributed by atoms with E-state index in [1.807, 2.05) is 6.07 Å². The molecular formula is C17H25NO. The van der Waals surface area contributed by atoms with E-state index in [-0.39, 0.29) is 5.54 Å². The zero-order chi connectivity index (χ0) is 13.3. The molecule has 3 rings (SSSR count). The fourth-order valence-corrected chi connectivity index (χ4v) is 3.69. The van der Waals surface area contributed by atoms with Gasteiger partial charge >= 0.3 is 0 Å². The maximum atomic E-state index is 6.61. The number of para-hydroxylation sites is 1. The average Bonchev–Trinajstić information content (AvgIpc) is 2.81. The van der Waals surface area contributed by atoms with E-state index in [9.17, 15) is 0 Å². The van der Waals surface area contributed by atoms with E-state index in [2.05, 4.69) is 25.1 Å². The topological polar surface area (TPSA) is 35.2 Å². The number of benzene rings is 1. The Balaban J connectivity index is 1.59. The molecule has 1 aromatic carbocycles. The van der Waals surface area contributed by atoms with Gasteiger partial charge in [0.1, 0.15) is 11.9 Å². The lowest BCUT2D eigenvalue weighted by Gasteiger charge is -2.38. The molecule has 2 nitrogen and oxygen atoms in total. The number of hydrogen-bond acceptors (Lipinski definition) is 2. The summed E-state index contributed by atoms with van der Waals surface area (Å²) in [4.78, 5) is 0. The monoisotopic (exact) mass is 259 g/mol. The summed E-state index contributed by atoms with van der Waals surface area (Å²) in [6.07, 6.45) is 8.58. The summed E-state index contributed by atoms with van der Waals surface area (Å²) in [5.41, 5.74) is 7.97. The Hall–Kier alpha value is -1.02. The van der Waals surface area contributed by atoms with Gasteiger partial charge in [-0.05, 0) is 43.2 Å². The molecule has 104 valence electrons. The molecule has 0 saturated heterocycles. The minimum atomic E-state index is 0.0123. The van der Waals surface area contributed by atoms with Gasteiger partial charge in [-0.3, -0.25) is 0 Å². The second-order valence-electron chi connectivity index (χ2n) is 6.47. The molecule has 1 unspecified atom stereocenters. The van der Waals surface area contributed by atoms with Crippen LogP contribution in [-0.4, -0.2) is 11.6 Å². The molecule has 0 spiro atoms. The fourth-order valence-electron chi connectivity index (χ4n) is 3.69. The number of rotatable bonds is 3. The first kappa shape index (κ1) is 13.0. The highest BCUT2D eigenvalue weighted by atomic mass is 16.5. The molecule has 19 heavy (non-hydrogen) atoms. The van der Waals surface area contributed by atoms with Crippen molar-refractivity contribution in [2.75, 3.05) is 0 Å². The van der Waals surface area contributed by atoms with Crippen LogP contribution in [0.15, 0.2) is 24.3 Å². The van der Waals surface area contributed by atoms with Crippen LogP contribution in [0.5, 0.6) is 5.75 Å². The average molecular weight is 259 g/mol. The van der Waals surface area contributed by atoms with Crippen molar-refractivity contribution in [2.45, 2.75) is 63.5 Å². The van der Waals surface area contributed by atoms with Gasteiger partial charge in [-0.2, -0.15) is 0 Å². The summed E-state index contributed by atoms with van der Waals surface area (Å²) in [7, 11) is 0. The molecule has 1 atom stereocenters. The van der Waals surface area contributed by atoms with Gasteiger partial charge in [-0.25, -0.2) is 0 Å². The maximum absolute atomic E-state index is 6.61. The van der Waals surface area contributed by atoms with E-state index in [0.29, 0.717) is 6.10 Å². The molecule has 2 N–H and O–H groups in total. The zero-order valence-corrected chi connectivity index (χ0v) is 11.9. The van der Waals surface area contributed by atoms with Gasteiger partial charge in [0, 0.05) is 18.4 Å². The van der Waals surface area contributed by atoms with Gasteiger partial charge < -0.3 is 10.5 Å². The summed E-state index contributed by atoms with van der Waals surface area (Å²) in [6.45, 7) is 2.30. The Labute approximate surface area is 116 Å². The van der Waals surface area contributed by atoms with Gasteiger partial charge in [0.2, 0.25) is 0 Å². The second kappa shape index (κ2) is 5.16. The first-order valence-electron chi connectivity index (χ1n) is 7.72. The molecule has 0 radical (unpaired) electrons. The predicted molar refractivity (Wildman–Crippen MR) is 78.3 cm³/mol. The first-order chi connectivity index (χ1) is 9.18. The minimum Gasteiger partial charge on any atom is -0.490 e. The SMILES string of the molecule is CCC1CCC(N)(CC2Cc3ccccc3O2)CC1. The first-order valence-corrected chi connectivity index (χ1v) is 7.72. The van der Waals surface area contributed by atoms with Crippen molar-refractivity contribution in [1.82, 2.24) is 0 Å². The molecule has 1 fully saturated rings. The number of fused-ring (bicyclic) bond motifs is 1. The zero-order valence-electron chi connectivity index (χ0n) is 11.9. The highest BCUT2D eigenvalue weighted by Gasteiger charge is 2.36. The van der Waals surface area contributed by atoms with Crippen LogP contribution in [0, 0.1) is 5.92 Å². The maximum Gasteiger partial charge on any atom is 0.123 e. The molecule has 2 aliphatic rings. The van der Waals surface area contributed by atoms with E-state index < -0.39 is 0 Å². The van der Waals surface area contributed by atoms with Gasteiger partial charge in [-0.1, -0.05) is 31.5 Å². The van der Waals surface area contributed by atoms with Crippen LogP contribution in [0.4, 0.5) is 0 Å². The second-order valence-corrected chi connectivity index (χ2v) is 6.47. The summed E-state index contributed by atoms with van der Waals surface area (Å²) in [5, 5.41) is 0. The van der Waals surface area contributed by atoms with Crippen molar-refractivity contribution in [3.05, 3.63) is 29.8 Å². The van der Waals surface area contributed by atoms with Gasteiger partial charge in [0.05, 0.1) is 0 Å². The number of ether oxygens (including phenoxy) is 1. The summed E-state index contributed by atoms with van der Waals surface area (Å²) >= 11 is 0. The third-order valence-corrected chi connectivity index (χ3v) is 5.03. The Morgan fingerprint density at radius 1 is 1.26 bits per heavy atom. The highest BCUT2D eigenvalue weighted by Crippen LogP contribution is 2.38. The van der Waals surface area contributed by atoms with Crippen LogP contribution >= 0.6 is 0 Å². The predicted octanol–water partition coefficient (Wildman–Crippen LogP) is 3.68. The van der Waals surface area contributed by atoms with Crippen molar-refractivity contribution in [3.8, 4) is 5.75 Å². The molecule has 1 aromatic rings. The van der Waals surface area contributed by atoms with E-state index in [1.54, 1.807) is 0 Å². The van der Waals surface area contributed by atoms with E-state index in [1.165, 1.54) is 37.7 Å². The molecule has 1 aliphatic carbocycles. The lowest BCUT2D eigenvalue weighted by molar-refractivity contribution is 0.138. The molecule has 1 saturated carbocycles. The molecule has 1 heterocycles. The summed E-state index contributed by atoms with van der Waals surface area (Å²) < 4.78 is 6.05. The molecule has 0 aromatic heterocycles. The third-order valence-electron chi connectivity index (χ3n) is 5.03. The van der Waals surface area contributed by atoms with Gasteiger partial charge in [0.25, 0.3) is 0 Å². The van der Waals surface area contributed by atoms with Crippen LogP contribution in [0.25, 0.3) is 0 Å². The van der Waals surface area contributed by atoms with Crippen molar-refractivity contribution in [3.63, 3.8) is 0 Å². The smallest absolute Gasteiger partial charge is 0.123 e. The number of hydrogen-bond donors (Lipinski definition) is 1. The summed E-state index contributed by atoms with van der Waals surface area (Å²) in [6, 6.07) is 8.39. The Kier molecular flexibility index (Phi) is 3.53. The van der Waals surface area contributed by atoms with Gasteiger partial charge in [-0.15, -0.1) is 0 Å². The Morgan fingerprint density at radius 3 is 2.68 bits per heavy atom. The molecule has 0 amide bonds. The van der Waals surface area contributed by atoms with Crippen molar-refractivity contribution >= 4 is 0 Å². The lowest BCUT2D eigenvalue weighted by Crippen LogP contribution is -2.46. The Bertz CT molecular complexity index is 410. The fraction of sp³-hybridized carbons (Fsp3) is 0.647. The van der Waals surface area contributed by atoms with Crippen LogP contribution in [0.1, 0.15) is 51.0 Å². The lowest BCUT2D eigenvalue weighted by atomic mass is 9.73. The van der Waals surface area contributed by atoms with E-state index in [0.717, 1.165) is 24.5 Å². The Morgan fingerprint density at radius 2 is 2.00 bits per heavy atom. The van der Waals surface area contributed by atoms with Gasteiger partial charge in [0.15, 0.2) is 0 Å². The van der Waals surface area contributed by atoms with Crippen LogP contribution in [0.2, 0.25) is 0 Å². The van der Waals surface area contributed by atoms with Crippen LogP contribution < -0.4 is 10.5 Å². The van der Waals surface area contributed by atoms with Crippen LogP contribution in [-0.2, 0) is 6.42 Å². The van der Waals surface area contributed by atoms with Crippen molar-refractivity contribution in [2.24, 2.45) is 11.7 Å². The van der Waals surface area contributed by atoms with Crippen molar-refractivity contribution < 1.29 is 4.74 Å². The normalized spacial score (nSPS) is 33.8. The van der Waals surface area contributed by atoms with E-state index in [4.69, 9.17) is 10.5 Å². The minimum absolute atomic E-state index is 0.0123. The number of nitrogens with two attached hydrogens (primary N) is 1.